The molecule has 3 N–H and O–H groups in total. The highest BCUT2D eigenvalue weighted by Crippen LogP contribution is 2.28. The van der Waals surface area contributed by atoms with Crippen LogP contribution in [0.1, 0.15) is 26.7 Å². The molecular weight excluding hydrogens is 256 g/mol. The largest absolute Gasteiger partial charge is 0.381 e. The van der Waals surface area contributed by atoms with Gasteiger partial charge < -0.3 is 20.4 Å². The van der Waals surface area contributed by atoms with E-state index in [1.165, 1.54) is 0 Å². The quantitative estimate of drug-likeness (QED) is 0.788. The van der Waals surface area contributed by atoms with Crippen LogP contribution in [0.5, 0.6) is 0 Å². The molecule has 1 aliphatic heterocycles. The van der Waals surface area contributed by atoms with E-state index in [-0.39, 0.29) is 5.54 Å². The van der Waals surface area contributed by atoms with Crippen molar-refractivity contribution < 1.29 is 4.74 Å². The van der Waals surface area contributed by atoms with Crippen LogP contribution in [0.2, 0.25) is 0 Å². The third-order valence-corrected chi connectivity index (χ3v) is 3.64. The number of imidazole rings is 1. The number of rotatable bonds is 4. The number of hydrogen-bond acceptors (Lipinski definition) is 6. The van der Waals surface area contributed by atoms with Gasteiger partial charge in [0.2, 0.25) is 5.95 Å². The first kappa shape index (κ1) is 13.1. The molecule has 0 aromatic carbocycles. The van der Waals surface area contributed by atoms with Crippen molar-refractivity contribution in [3.05, 3.63) is 6.33 Å². The molecule has 7 heteroatoms. The number of H-pyrrole nitrogens is 1. The number of anilines is 2. The first-order valence-corrected chi connectivity index (χ1v) is 7.01. The maximum Gasteiger partial charge on any atom is 0.226 e. The molecule has 2 aromatic rings. The lowest BCUT2D eigenvalue weighted by Crippen LogP contribution is -2.41. The van der Waals surface area contributed by atoms with E-state index in [1.807, 2.05) is 6.92 Å². The summed E-state index contributed by atoms with van der Waals surface area (Å²) < 4.78 is 5.43. The predicted molar refractivity (Wildman–Crippen MR) is 77.9 cm³/mol. The zero-order valence-electron chi connectivity index (χ0n) is 11.9. The molecular formula is C13H20N6O. The van der Waals surface area contributed by atoms with E-state index in [1.54, 1.807) is 6.33 Å². The van der Waals surface area contributed by atoms with Gasteiger partial charge in [0.15, 0.2) is 11.5 Å². The Morgan fingerprint density at radius 3 is 2.90 bits per heavy atom. The highest BCUT2D eigenvalue weighted by atomic mass is 16.5. The van der Waals surface area contributed by atoms with E-state index in [4.69, 9.17) is 4.74 Å². The molecule has 20 heavy (non-hydrogen) atoms. The summed E-state index contributed by atoms with van der Waals surface area (Å²) in [4.78, 5) is 16.3. The Morgan fingerprint density at radius 1 is 1.35 bits per heavy atom. The van der Waals surface area contributed by atoms with Gasteiger partial charge in [-0.25, -0.2) is 4.98 Å². The molecule has 7 nitrogen and oxygen atoms in total. The van der Waals surface area contributed by atoms with Gasteiger partial charge in [-0.2, -0.15) is 9.97 Å². The molecule has 0 amide bonds. The fraction of sp³-hybridized carbons (Fsp3) is 0.615. The van der Waals surface area contributed by atoms with Crippen molar-refractivity contribution in [2.45, 2.75) is 32.2 Å². The molecule has 0 atom stereocenters. The van der Waals surface area contributed by atoms with Crippen LogP contribution in [0.25, 0.3) is 11.2 Å². The Labute approximate surface area is 117 Å². The summed E-state index contributed by atoms with van der Waals surface area (Å²) in [6.45, 7) is 6.56. The molecule has 0 radical (unpaired) electrons. The van der Waals surface area contributed by atoms with Crippen molar-refractivity contribution >= 4 is 22.9 Å². The molecule has 2 aromatic heterocycles. The van der Waals surface area contributed by atoms with Gasteiger partial charge in [0.1, 0.15) is 5.52 Å². The van der Waals surface area contributed by atoms with Crippen LogP contribution >= 0.6 is 0 Å². The summed E-state index contributed by atoms with van der Waals surface area (Å²) >= 11 is 0. The van der Waals surface area contributed by atoms with E-state index < -0.39 is 0 Å². The lowest BCUT2D eigenvalue weighted by molar-refractivity contribution is 0.0657. The third kappa shape index (κ3) is 2.53. The molecule has 0 saturated carbocycles. The lowest BCUT2D eigenvalue weighted by atomic mass is 9.92. The summed E-state index contributed by atoms with van der Waals surface area (Å²) in [6.07, 6.45) is 3.57. The first-order valence-electron chi connectivity index (χ1n) is 7.01. The van der Waals surface area contributed by atoms with Crippen LogP contribution in [0.15, 0.2) is 6.33 Å². The Balaban J connectivity index is 1.94. The average Bonchev–Trinajstić information content (AvgIpc) is 2.88. The summed E-state index contributed by atoms with van der Waals surface area (Å²) in [6, 6.07) is 0. The number of nitrogens with zero attached hydrogens (tertiary/aromatic N) is 3. The van der Waals surface area contributed by atoms with Crippen LogP contribution < -0.4 is 10.6 Å². The standard InChI is InChI=1S/C13H20N6O/c1-3-14-12-17-10-9(15-8-16-10)11(18-12)19-13(2)4-6-20-7-5-13/h8H,3-7H2,1-2H3,(H3,14,15,16,17,18,19). The topological polar surface area (TPSA) is 87.8 Å². The van der Waals surface area contributed by atoms with Crippen LogP contribution in [-0.2, 0) is 4.74 Å². The monoisotopic (exact) mass is 276 g/mol. The molecule has 0 spiro atoms. The minimum absolute atomic E-state index is 0.00583. The van der Waals surface area contributed by atoms with Crippen LogP contribution in [0.4, 0.5) is 11.8 Å². The molecule has 1 fully saturated rings. The van der Waals surface area contributed by atoms with E-state index in [0.717, 1.165) is 43.9 Å². The summed E-state index contributed by atoms with van der Waals surface area (Å²) in [5.74, 6) is 1.40. The predicted octanol–water partition coefficient (Wildman–Crippen LogP) is 1.77. The smallest absolute Gasteiger partial charge is 0.226 e. The van der Waals surface area contributed by atoms with Crippen molar-refractivity contribution in [3.63, 3.8) is 0 Å². The minimum atomic E-state index is -0.00583. The van der Waals surface area contributed by atoms with Gasteiger partial charge in [-0.05, 0) is 26.7 Å². The van der Waals surface area contributed by atoms with E-state index >= 15 is 0 Å². The molecule has 3 rings (SSSR count). The van der Waals surface area contributed by atoms with Gasteiger partial charge in [0.05, 0.1) is 6.33 Å². The van der Waals surface area contributed by atoms with E-state index in [2.05, 4.69) is 37.5 Å². The summed E-state index contributed by atoms with van der Waals surface area (Å²) in [5, 5.41) is 6.68. The number of aromatic nitrogens is 4. The highest BCUT2D eigenvalue weighted by Gasteiger charge is 2.28. The molecule has 3 heterocycles. The fourth-order valence-corrected chi connectivity index (χ4v) is 2.39. The number of aromatic amines is 1. The molecule has 108 valence electrons. The molecule has 0 bridgehead atoms. The Kier molecular flexibility index (Phi) is 3.43. The Bertz CT molecular complexity index is 590. The second-order valence-electron chi connectivity index (χ2n) is 5.33. The molecule has 1 aliphatic rings. The third-order valence-electron chi connectivity index (χ3n) is 3.64. The van der Waals surface area contributed by atoms with Gasteiger partial charge in [-0.15, -0.1) is 0 Å². The SMILES string of the molecule is CCNc1nc(NC2(C)CCOCC2)c2[nH]cnc2n1. The van der Waals surface area contributed by atoms with Crippen molar-refractivity contribution in [1.82, 2.24) is 19.9 Å². The second kappa shape index (κ2) is 5.24. The van der Waals surface area contributed by atoms with Crippen molar-refractivity contribution in [2.24, 2.45) is 0 Å². The van der Waals surface area contributed by atoms with Crippen molar-refractivity contribution in [1.29, 1.82) is 0 Å². The Morgan fingerprint density at radius 2 is 2.15 bits per heavy atom. The maximum absolute atomic E-state index is 5.43. The van der Waals surface area contributed by atoms with Crippen LogP contribution in [0.3, 0.4) is 0 Å². The lowest BCUT2D eigenvalue weighted by Gasteiger charge is -2.35. The molecule has 0 unspecified atom stereocenters. The summed E-state index contributed by atoms with van der Waals surface area (Å²) in [5.41, 5.74) is 1.52. The van der Waals surface area contributed by atoms with Crippen LogP contribution in [0, 0.1) is 0 Å². The number of ether oxygens (including phenoxy) is 1. The molecule has 1 saturated heterocycles. The number of hydrogen-bond donors (Lipinski definition) is 3. The first-order chi connectivity index (χ1) is 9.70. The molecule has 0 aliphatic carbocycles. The van der Waals surface area contributed by atoms with Gasteiger partial charge >= 0.3 is 0 Å². The summed E-state index contributed by atoms with van der Waals surface area (Å²) in [7, 11) is 0. The second-order valence-corrected chi connectivity index (χ2v) is 5.33. The van der Waals surface area contributed by atoms with Gasteiger partial charge in [-0.1, -0.05) is 0 Å². The average molecular weight is 276 g/mol. The van der Waals surface area contributed by atoms with Gasteiger partial charge in [-0.3, -0.25) is 0 Å². The number of fused-ring (bicyclic) bond motifs is 1. The highest BCUT2D eigenvalue weighted by molar-refractivity contribution is 5.84. The fourth-order valence-electron chi connectivity index (χ4n) is 2.39. The van der Waals surface area contributed by atoms with Crippen molar-refractivity contribution in [2.75, 3.05) is 30.4 Å². The zero-order chi connectivity index (χ0) is 14.0. The van der Waals surface area contributed by atoms with Gasteiger partial charge in [0, 0.05) is 25.3 Å². The number of nitrogens with one attached hydrogen (secondary N) is 3. The van der Waals surface area contributed by atoms with Gasteiger partial charge in [0.25, 0.3) is 0 Å². The van der Waals surface area contributed by atoms with E-state index in [0.29, 0.717) is 11.6 Å². The maximum atomic E-state index is 5.43. The minimum Gasteiger partial charge on any atom is -0.381 e. The van der Waals surface area contributed by atoms with E-state index in [9.17, 15) is 0 Å². The normalized spacial score (nSPS) is 18.1. The van der Waals surface area contributed by atoms with Crippen LogP contribution in [-0.4, -0.2) is 45.2 Å². The Hall–Kier alpha value is -1.89. The zero-order valence-corrected chi connectivity index (χ0v) is 11.9. The van der Waals surface area contributed by atoms with Crippen molar-refractivity contribution in [3.8, 4) is 0 Å².